The number of esters is 1. The summed E-state index contributed by atoms with van der Waals surface area (Å²) in [5, 5.41) is 0. The van der Waals surface area contributed by atoms with Gasteiger partial charge < -0.3 is 14.2 Å². The molecule has 0 saturated heterocycles. The molecule has 31 heavy (non-hydrogen) atoms. The molecule has 1 aliphatic heterocycles. The van der Waals surface area contributed by atoms with Crippen LogP contribution in [0.4, 0.5) is 0 Å². The van der Waals surface area contributed by atoms with E-state index in [1.807, 2.05) is 0 Å². The Morgan fingerprint density at radius 2 is 1.94 bits per heavy atom. The van der Waals surface area contributed by atoms with Crippen LogP contribution in [0.3, 0.4) is 0 Å². The molecule has 3 fully saturated rings. The van der Waals surface area contributed by atoms with Gasteiger partial charge >= 0.3 is 5.97 Å². The first-order valence-corrected chi connectivity index (χ1v) is 12.6. The molecule has 0 amide bonds. The van der Waals surface area contributed by atoms with E-state index in [4.69, 9.17) is 14.2 Å². The third-order valence-corrected chi connectivity index (χ3v) is 9.86. The molecule has 3 saturated carbocycles. The molecule has 1 heterocycles. The van der Waals surface area contributed by atoms with Crippen molar-refractivity contribution in [2.45, 2.75) is 98.4 Å². The third-order valence-electron chi connectivity index (χ3n) is 9.86. The van der Waals surface area contributed by atoms with Gasteiger partial charge in [-0.1, -0.05) is 25.5 Å². The lowest BCUT2D eigenvalue weighted by atomic mass is 9.48. The van der Waals surface area contributed by atoms with Crippen molar-refractivity contribution in [3.8, 4) is 0 Å². The van der Waals surface area contributed by atoms with Gasteiger partial charge in [0.1, 0.15) is 6.10 Å². The van der Waals surface area contributed by atoms with E-state index in [1.165, 1.54) is 32.6 Å². The highest BCUT2D eigenvalue weighted by Gasteiger charge is 2.60. The lowest BCUT2D eigenvalue weighted by Crippen LogP contribution is -2.49. The highest BCUT2D eigenvalue weighted by molar-refractivity contribution is 5.66. The first-order valence-electron chi connectivity index (χ1n) is 12.6. The first kappa shape index (κ1) is 21.6. The summed E-state index contributed by atoms with van der Waals surface area (Å²) in [7, 11) is 0. The monoisotopic (exact) mass is 428 g/mol. The molecule has 5 aliphatic rings. The zero-order chi connectivity index (χ0) is 22.0. The molecule has 0 aromatic heterocycles. The van der Waals surface area contributed by atoms with Crippen LogP contribution in [-0.2, 0) is 19.0 Å². The van der Waals surface area contributed by atoms with E-state index in [0.29, 0.717) is 12.5 Å². The quantitative estimate of drug-likeness (QED) is 0.399. The fraction of sp³-hybridized carbons (Fsp3) is 0.815. The largest absolute Gasteiger partial charge is 0.470 e. The Morgan fingerprint density at radius 3 is 2.68 bits per heavy atom. The summed E-state index contributed by atoms with van der Waals surface area (Å²) in [5.74, 6) is 3.89. The Morgan fingerprint density at radius 1 is 1.16 bits per heavy atom. The maximum Gasteiger partial charge on any atom is 0.302 e. The van der Waals surface area contributed by atoms with Crippen LogP contribution in [0.1, 0.15) is 86.0 Å². The number of ether oxygens (including phenoxy) is 3. The summed E-state index contributed by atoms with van der Waals surface area (Å²) in [6, 6.07) is 0. The van der Waals surface area contributed by atoms with Gasteiger partial charge in [0, 0.05) is 26.4 Å². The smallest absolute Gasteiger partial charge is 0.302 e. The summed E-state index contributed by atoms with van der Waals surface area (Å²) in [6.07, 6.45) is 11.8. The molecule has 4 heteroatoms. The lowest BCUT2D eigenvalue weighted by molar-refractivity contribution is -0.148. The molecule has 0 aromatic carbocycles. The molecule has 0 bridgehead atoms. The van der Waals surface area contributed by atoms with Gasteiger partial charge in [0.25, 0.3) is 0 Å². The topological polar surface area (TPSA) is 44.8 Å². The highest BCUT2D eigenvalue weighted by Crippen LogP contribution is 2.68. The lowest BCUT2D eigenvalue weighted by Gasteiger charge is -2.57. The molecule has 0 N–H and O–H groups in total. The SMILES string of the molecule is CCO[C@H]1C[C@@H]2C[C@H]3[C@@H]4CC=C5C[C@H](OC(C)=O)CC[C@]5(C)[C@H]4CC[C@]3(C)C2=C(C)O1. The molecule has 0 unspecified atom stereocenters. The van der Waals surface area contributed by atoms with Crippen LogP contribution in [0.2, 0.25) is 0 Å². The van der Waals surface area contributed by atoms with Gasteiger partial charge in [0.2, 0.25) is 0 Å². The van der Waals surface area contributed by atoms with Gasteiger partial charge in [-0.05, 0) is 92.4 Å². The molecule has 0 spiro atoms. The van der Waals surface area contributed by atoms with Crippen molar-refractivity contribution < 1.29 is 19.0 Å². The average Bonchev–Trinajstić information content (AvgIpc) is 3.01. The van der Waals surface area contributed by atoms with Gasteiger partial charge in [0.05, 0.1) is 5.76 Å². The maximum atomic E-state index is 11.5. The molecule has 172 valence electrons. The summed E-state index contributed by atoms with van der Waals surface area (Å²) in [5.41, 5.74) is 3.75. The van der Waals surface area contributed by atoms with Gasteiger partial charge in [0.15, 0.2) is 6.29 Å². The van der Waals surface area contributed by atoms with Crippen molar-refractivity contribution in [2.24, 2.45) is 34.5 Å². The number of carbonyl (C=O) groups is 1. The van der Waals surface area contributed by atoms with E-state index in [-0.39, 0.29) is 29.2 Å². The van der Waals surface area contributed by atoms with Gasteiger partial charge in [-0.2, -0.15) is 0 Å². The van der Waals surface area contributed by atoms with Crippen LogP contribution < -0.4 is 0 Å². The van der Waals surface area contributed by atoms with E-state index < -0.39 is 0 Å². The second-order valence-electron chi connectivity index (χ2n) is 11.3. The predicted molar refractivity (Wildman–Crippen MR) is 120 cm³/mol. The van der Waals surface area contributed by atoms with E-state index in [2.05, 4.69) is 33.8 Å². The fourth-order valence-corrected chi connectivity index (χ4v) is 8.68. The van der Waals surface area contributed by atoms with Gasteiger partial charge in [-0.25, -0.2) is 0 Å². The van der Waals surface area contributed by atoms with Crippen LogP contribution in [0, 0.1) is 34.5 Å². The molecule has 0 radical (unpaired) electrons. The fourth-order valence-electron chi connectivity index (χ4n) is 8.68. The van der Waals surface area contributed by atoms with Crippen molar-refractivity contribution in [2.75, 3.05) is 6.61 Å². The number of hydrogen-bond donors (Lipinski definition) is 0. The number of hydrogen-bond acceptors (Lipinski definition) is 4. The van der Waals surface area contributed by atoms with Crippen LogP contribution in [0.25, 0.3) is 0 Å². The molecule has 4 aliphatic carbocycles. The van der Waals surface area contributed by atoms with E-state index in [1.54, 1.807) is 11.1 Å². The Hall–Kier alpha value is -1.29. The number of rotatable bonds is 3. The van der Waals surface area contributed by atoms with Crippen LogP contribution >= 0.6 is 0 Å². The minimum absolute atomic E-state index is 0.0646. The molecule has 0 aromatic rings. The van der Waals surface area contributed by atoms with Crippen molar-refractivity contribution in [3.63, 3.8) is 0 Å². The molecule has 8 atom stereocenters. The van der Waals surface area contributed by atoms with E-state index in [0.717, 1.165) is 49.2 Å². The zero-order valence-electron chi connectivity index (χ0n) is 20.0. The Balaban J connectivity index is 1.41. The Labute approximate surface area is 187 Å². The van der Waals surface area contributed by atoms with E-state index in [9.17, 15) is 4.79 Å². The van der Waals surface area contributed by atoms with E-state index >= 15 is 0 Å². The maximum absolute atomic E-state index is 11.5. The molecule has 4 nitrogen and oxygen atoms in total. The minimum Gasteiger partial charge on any atom is -0.470 e. The van der Waals surface area contributed by atoms with Crippen LogP contribution in [0.15, 0.2) is 23.0 Å². The second-order valence-corrected chi connectivity index (χ2v) is 11.3. The van der Waals surface area contributed by atoms with Crippen molar-refractivity contribution in [1.82, 2.24) is 0 Å². The second kappa shape index (κ2) is 7.64. The normalized spacial score (nSPS) is 46.2. The Bertz CT molecular complexity index is 812. The van der Waals surface area contributed by atoms with Crippen LogP contribution in [0.5, 0.6) is 0 Å². The van der Waals surface area contributed by atoms with Crippen molar-refractivity contribution >= 4 is 5.97 Å². The van der Waals surface area contributed by atoms with Crippen molar-refractivity contribution in [3.05, 3.63) is 23.0 Å². The summed E-state index contributed by atoms with van der Waals surface area (Å²) in [6.45, 7) is 11.5. The third kappa shape index (κ3) is 3.31. The average molecular weight is 429 g/mol. The van der Waals surface area contributed by atoms with Gasteiger partial charge in [-0.15, -0.1) is 0 Å². The number of allylic oxidation sites excluding steroid dienone is 3. The molecular weight excluding hydrogens is 388 g/mol. The summed E-state index contributed by atoms with van der Waals surface area (Å²) in [4.78, 5) is 11.5. The van der Waals surface area contributed by atoms with Gasteiger partial charge in [-0.3, -0.25) is 4.79 Å². The van der Waals surface area contributed by atoms with Crippen molar-refractivity contribution in [1.29, 1.82) is 0 Å². The van der Waals surface area contributed by atoms with Crippen LogP contribution in [-0.4, -0.2) is 25.0 Å². The summed E-state index contributed by atoms with van der Waals surface area (Å²) < 4.78 is 17.7. The number of fused-ring (bicyclic) bond motifs is 7. The minimum atomic E-state index is -0.138. The molecular formula is C27H40O4. The standard InChI is InChI=1S/C27H40O4/c1-6-29-24-14-18-13-23-21-8-7-19-15-20(31-17(3)28)9-11-26(19,4)22(21)10-12-27(23,5)25(18)16(2)30-24/h7,18,20-24H,6,8-15H2,1-5H3/t18-,20+,21+,22-,23-,24+,26-,27-/m0/s1. The zero-order valence-corrected chi connectivity index (χ0v) is 20.0. The number of carbonyl (C=O) groups excluding carboxylic acids is 1. The summed E-state index contributed by atoms with van der Waals surface area (Å²) >= 11 is 0. The predicted octanol–water partition coefficient (Wildman–Crippen LogP) is 6.16. The first-order chi connectivity index (χ1) is 14.8. The molecule has 5 rings (SSSR count). The highest BCUT2D eigenvalue weighted by atomic mass is 16.7. The Kier molecular flexibility index (Phi) is 5.31.